The fourth-order valence-electron chi connectivity index (χ4n) is 2.61. The maximum atomic E-state index is 9.21. The molecule has 0 saturated heterocycles. The highest BCUT2D eigenvalue weighted by Crippen LogP contribution is 2.38. The minimum Gasteiger partial charge on any atom is -0.216 e. The Morgan fingerprint density at radius 2 is 2.16 bits per heavy atom. The fourth-order valence-corrected chi connectivity index (χ4v) is 2.61. The summed E-state index contributed by atoms with van der Waals surface area (Å²) < 4.78 is 1.88. The lowest BCUT2D eigenvalue weighted by Gasteiger charge is -2.26. The van der Waals surface area contributed by atoms with Crippen LogP contribution in [0.15, 0.2) is 24.3 Å². The van der Waals surface area contributed by atoms with Gasteiger partial charge in [-0.15, -0.1) is 5.10 Å². The number of rotatable bonds is 3. The molecule has 0 N–H and O–H groups in total. The molecule has 0 atom stereocenters. The normalized spacial score (nSPS) is 14.9. The number of hydrogen-bond donors (Lipinski definition) is 0. The van der Waals surface area contributed by atoms with Crippen LogP contribution in [0, 0.1) is 11.3 Å². The third-order valence-corrected chi connectivity index (χ3v) is 3.90. The molecule has 0 radical (unpaired) electrons. The lowest BCUT2D eigenvalue weighted by molar-refractivity contribution is 0.402. The molecule has 2 aromatic rings. The van der Waals surface area contributed by atoms with Gasteiger partial charge in [0, 0.05) is 5.92 Å². The summed E-state index contributed by atoms with van der Waals surface area (Å²) in [6.07, 6.45) is 4.45. The number of hydrogen-bond acceptors (Lipinski definition) is 3. The summed E-state index contributed by atoms with van der Waals surface area (Å²) in [6, 6.07) is 10.4. The second kappa shape index (κ2) is 4.85. The molecule has 0 unspecified atom stereocenters. The van der Waals surface area contributed by atoms with E-state index in [2.05, 4.69) is 35.4 Å². The van der Waals surface area contributed by atoms with Gasteiger partial charge in [0.1, 0.15) is 6.07 Å². The molecule has 0 amide bonds. The predicted molar refractivity (Wildman–Crippen MR) is 72.0 cm³/mol. The van der Waals surface area contributed by atoms with E-state index in [1.165, 1.54) is 12.0 Å². The molecule has 0 bridgehead atoms. The van der Waals surface area contributed by atoms with E-state index in [0.717, 1.165) is 30.6 Å². The molecule has 96 valence electrons. The fraction of sp³-hybridized carbons (Fsp3) is 0.400. The molecule has 4 heteroatoms. The van der Waals surface area contributed by atoms with Crippen LogP contribution in [0.5, 0.6) is 0 Å². The average molecular weight is 252 g/mol. The second-order valence-electron chi connectivity index (χ2n) is 4.96. The molecular formula is C15H16N4. The third kappa shape index (κ3) is 1.91. The highest BCUT2D eigenvalue weighted by atomic mass is 15.4. The van der Waals surface area contributed by atoms with Crippen LogP contribution in [0.2, 0.25) is 0 Å². The van der Waals surface area contributed by atoms with Gasteiger partial charge in [0.15, 0.2) is 5.69 Å². The van der Waals surface area contributed by atoms with Crippen molar-refractivity contribution in [3.05, 3.63) is 41.2 Å². The van der Waals surface area contributed by atoms with Crippen LogP contribution in [0.3, 0.4) is 0 Å². The minimum absolute atomic E-state index is 0.439. The van der Waals surface area contributed by atoms with Crippen molar-refractivity contribution in [1.29, 1.82) is 5.26 Å². The van der Waals surface area contributed by atoms with Gasteiger partial charge in [0.25, 0.3) is 0 Å². The van der Waals surface area contributed by atoms with Crippen molar-refractivity contribution in [2.45, 2.75) is 38.5 Å². The molecule has 1 aromatic heterocycles. The zero-order valence-electron chi connectivity index (χ0n) is 11.0. The Morgan fingerprint density at radius 3 is 2.79 bits per heavy atom. The maximum absolute atomic E-state index is 9.21. The van der Waals surface area contributed by atoms with Crippen LogP contribution >= 0.6 is 0 Å². The number of nitrogens with zero attached hydrogens (tertiary/aromatic N) is 4. The van der Waals surface area contributed by atoms with Crippen LogP contribution in [0.25, 0.3) is 5.69 Å². The van der Waals surface area contributed by atoms with Gasteiger partial charge in [0.05, 0.1) is 11.4 Å². The van der Waals surface area contributed by atoms with E-state index < -0.39 is 0 Å². The van der Waals surface area contributed by atoms with Crippen molar-refractivity contribution < 1.29 is 0 Å². The second-order valence-corrected chi connectivity index (χ2v) is 4.96. The molecule has 0 aliphatic heterocycles. The van der Waals surface area contributed by atoms with Crippen LogP contribution < -0.4 is 0 Å². The summed E-state index contributed by atoms with van der Waals surface area (Å²) in [7, 11) is 0. The summed E-state index contributed by atoms with van der Waals surface area (Å²) in [6.45, 7) is 2.13. The topological polar surface area (TPSA) is 54.5 Å². The van der Waals surface area contributed by atoms with Gasteiger partial charge in [-0.25, -0.2) is 4.68 Å². The summed E-state index contributed by atoms with van der Waals surface area (Å²) >= 11 is 0. The first-order chi connectivity index (χ1) is 9.35. The first kappa shape index (κ1) is 11.9. The number of para-hydroxylation sites is 1. The van der Waals surface area contributed by atoms with Gasteiger partial charge in [-0.2, -0.15) is 5.26 Å². The number of aromatic nitrogens is 3. The average Bonchev–Trinajstić information content (AvgIpc) is 2.80. The van der Waals surface area contributed by atoms with Gasteiger partial charge >= 0.3 is 0 Å². The van der Waals surface area contributed by atoms with E-state index in [1.807, 2.05) is 16.8 Å². The zero-order valence-corrected chi connectivity index (χ0v) is 11.0. The summed E-state index contributed by atoms with van der Waals surface area (Å²) in [5.41, 5.74) is 3.77. The first-order valence-corrected chi connectivity index (χ1v) is 6.79. The van der Waals surface area contributed by atoms with Crippen molar-refractivity contribution in [1.82, 2.24) is 15.0 Å². The molecule has 1 aliphatic carbocycles. The molecule has 1 aliphatic rings. The highest BCUT2D eigenvalue weighted by Gasteiger charge is 2.28. The molecule has 1 heterocycles. The quantitative estimate of drug-likeness (QED) is 0.843. The van der Waals surface area contributed by atoms with Crippen molar-refractivity contribution in [2.24, 2.45) is 0 Å². The lowest BCUT2D eigenvalue weighted by atomic mass is 9.82. The van der Waals surface area contributed by atoms with E-state index in [9.17, 15) is 5.26 Å². The van der Waals surface area contributed by atoms with Crippen LogP contribution in [0.4, 0.5) is 0 Å². The monoisotopic (exact) mass is 252 g/mol. The standard InChI is InChI=1S/C15H16N4/c1-2-11-6-3-4-9-14(11)19-15(12-7-5-8-12)13(10-16)17-18-19/h3-4,6,9,12H,2,5,7-8H2,1H3. The Bertz CT molecular complexity index is 632. The Morgan fingerprint density at radius 1 is 1.37 bits per heavy atom. The van der Waals surface area contributed by atoms with Crippen LogP contribution in [-0.4, -0.2) is 15.0 Å². The van der Waals surface area contributed by atoms with E-state index in [0.29, 0.717) is 11.6 Å². The van der Waals surface area contributed by atoms with Gasteiger partial charge in [-0.05, 0) is 30.9 Å². The molecule has 1 fully saturated rings. The number of aryl methyl sites for hydroxylation is 1. The van der Waals surface area contributed by atoms with Crippen molar-refractivity contribution in [3.8, 4) is 11.8 Å². The molecular weight excluding hydrogens is 236 g/mol. The molecule has 4 nitrogen and oxygen atoms in total. The van der Waals surface area contributed by atoms with Gasteiger partial charge < -0.3 is 0 Å². The Labute approximate surface area is 112 Å². The molecule has 1 aromatic carbocycles. The van der Waals surface area contributed by atoms with Crippen molar-refractivity contribution in [3.63, 3.8) is 0 Å². The minimum atomic E-state index is 0.439. The SMILES string of the molecule is CCc1ccccc1-n1nnc(C#N)c1C1CCC1. The molecule has 19 heavy (non-hydrogen) atoms. The van der Waals surface area contributed by atoms with Gasteiger partial charge in [0.2, 0.25) is 0 Å². The van der Waals surface area contributed by atoms with Crippen molar-refractivity contribution in [2.75, 3.05) is 0 Å². The Balaban J connectivity index is 2.15. The summed E-state index contributed by atoms with van der Waals surface area (Å²) in [5.74, 6) is 0.439. The maximum Gasteiger partial charge on any atom is 0.186 e. The Hall–Kier alpha value is -2.15. The third-order valence-electron chi connectivity index (χ3n) is 3.90. The Kier molecular flexibility index (Phi) is 3.04. The highest BCUT2D eigenvalue weighted by molar-refractivity contribution is 5.44. The molecule has 3 rings (SSSR count). The number of benzene rings is 1. The predicted octanol–water partition coefficient (Wildman–Crippen LogP) is 2.97. The lowest BCUT2D eigenvalue weighted by Crippen LogP contribution is -2.16. The van der Waals surface area contributed by atoms with Crippen molar-refractivity contribution >= 4 is 0 Å². The molecule has 1 saturated carbocycles. The smallest absolute Gasteiger partial charge is 0.186 e. The van der Waals surface area contributed by atoms with E-state index >= 15 is 0 Å². The largest absolute Gasteiger partial charge is 0.216 e. The summed E-state index contributed by atoms with van der Waals surface area (Å²) in [5, 5.41) is 17.5. The van der Waals surface area contributed by atoms with Crippen LogP contribution in [0.1, 0.15) is 49.1 Å². The molecule has 0 spiro atoms. The van der Waals surface area contributed by atoms with E-state index in [4.69, 9.17) is 0 Å². The van der Waals surface area contributed by atoms with E-state index in [1.54, 1.807) is 0 Å². The number of nitriles is 1. The van der Waals surface area contributed by atoms with E-state index in [-0.39, 0.29) is 0 Å². The zero-order chi connectivity index (χ0) is 13.2. The first-order valence-electron chi connectivity index (χ1n) is 6.79. The van der Waals surface area contributed by atoms with Crippen LogP contribution in [-0.2, 0) is 6.42 Å². The summed E-state index contributed by atoms with van der Waals surface area (Å²) in [4.78, 5) is 0. The van der Waals surface area contributed by atoms with Gasteiger partial charge in [-0.3, -0.25) is 0 Å². The van der Waals surface area contributed by atoms with Gasteiger partial charge in [-0.1, -0.05) is 36.8 Å².